The van der Waals surface area contributed by atoms with Gasteiger partial charge in [0, 0.05) is 25.5 Å². The maximum absolute atomic E-state index is 12.6. The number of aliphatic hydroxyl groups is 2. The van der Waals surface area contributed by atoms with Gasteiger partial charge in [-0.1, -0.05) is 13.8 Å². The van der Waals surface area contributed by atoms with Crippen LogP contribution in [0.1, 0.15) is 79.1 Å². The number of epoxide rings is 1. The van der Waals surface area contributed by atoms with Gasteiger partial charge in [0.05, 0.1) is 18.3 Å². The number of carbonyl (C=O) groups excluding carboxylic acids is 2. The lowest BCUT2D eigenvalue weighted by molar-refractivity contribution is -0.315. The highest BCUT2D eigenvalue weighted by Gasteiger charge is 2.84. The van der Waals surface area contributed by atoms with Gasteiger partial charge in [-0.2, -0.15) is 0 Å². The predicted octanol–water partition coefficient (Wildman–Crippen LogP) is 2.81. The van der Waals surface area contributed by atoms with Crippen LogP contribution in [0.5, 0.6) is 0 Å². The largest absolute Gasteiger partial charge is 0.458 e. The molecule has 3 aliphatic heterocycles. The normalized spacial score (nSPS) is 54.5. The van der Waals surface area contributed by atoms with Crippen LogP contribution in [0.2, 0.25) is 0 Å². The number of esters is 2. The first-order valence-corrected chi connectivity index (χ1v) is 15.8. The number of fused-ring (bicyclic) bond motifs is 3. The molecule has 2 saturated heterocycles. The average molecular weight is 591 g/mol. The Labute approximate surface area is 247 Å². The van der Waals surface area contributed by atoms with Crippen LogP contribution in [-0.4, -0.2) is 90.0 Å². The molecule has 10 nitrogen and oxygen atoms in total. The molecular formula is C32H46O10. The van der Waals surface area contributed by atoms with Crippen molar-refractivity contribution < 1.29 is 48.2 Å². The van der Waals surface area contributed by atoms with Crippen LogP contribution in [0.4, 0.5) is 0 Å². The summed E-state index contributed by atoms with van der Waals surface area (Å²) in [7, 11) is 1.49. The second-order valence-electron chi connectivity index (χ2n) is 14.6. The molecule has 0 bridgehead atoms. The van der Waals surface area contributed by atoms with Crippen LogP contribution in [0.3, 0.4) is 0 Å². The third-order valence-electron chi connectivity index (χ3n) is 13.0. The second kappa shape index (κ2) is 9.72. The number of hydrogen-bond acceptors (Lipinski definition) is 10. The molecule has 0 unspecified atom stereocenters. The zero-order valence-electron chi connectivity index (χ0n) is 25.4. The summed E-state index contributed by atoms with van der Waals surface area (Å²) in [5, 5.41) is 23.3. The lowest BCUT2D eigenvalue weighted by Gasteiger charge is -2.62. The van der Waals surface area contributed by atoms with Crippen LogP contribution in [-0.2, 0) is 38.0 Å². The van der Waals surface area contributed by atoms with Gasteiger partial charge < -0.3 is 38.6 Å². The van der Waals surface area contributed by atoms with E-state index in [0.717, 1.165) is 50.5 Å². The van der Waals surface area contributed by atoms with Crippen molar-refractivity contribution in [2.45, 2.75) is 133 Å². The van der Waals surface area contributed by atoms with Gasteiger partial charge in [-0.3, -0.25) is 4.79 Å². The van der Waals surface area contributed by atoms with Crippen molar-refractivity contribution >= 4 is 11.9 Å². The van der Waals surface area contributed by atoms with Crippen LogP contribution >= 0.6 is 0 Å². The Balaban J connectivity index is 1.09. The summed E-state index contributed by atoms with van der Waals surface area (Å²) < 4.78 is 35.6. The zero-order chi connectivity index (χ0) is 29.8. The van der Waals surface area contributed by atoms with E-state index in [2.05, 4.69) is 13.8 Å². The Kier molecular flexibility index (Phi) is 6.75. The Morgan fingerprint density at radius 1 is 1.10 bits per heavy atom. The predicted molar refractivity (Wildman–Crippen MR) is 147 cm³/mol. The number of carbonyl (C=O) groups is 2. The SMILES string of the molecule is CO[C@@H]1[C@@H](O)[C@H](C)O[C@@H](O[C@H]2CC[C@@]3(C)[C@@H](C2)C[C@@H]2O[C@]24[C@@H]3CC[C@]2(C)[C@@H](C3=CC(=O)OC3)CC[C@]42O)[C@H]1OC(C)=O. The lowest BCUT2D eigenvalue weighted by Crippen LogP contribution is -2.68. The molecular weight excluding hydrogens is 544 g/mol. The minimum absolute atomic E-state index is 0.00499. The van der Waals surface area contributed by atoms with Crippen molar-refractivity contribution in [3.8, 4) is 0 Å². The third kappa shape index (κ3) is 3.84. The minimum atomic E-state index is -0.941. The molecule has 0 aromatic carbocycles. The van der Waals surface area contributed by atoms with Crippen molar-refractivity contribution in [2.24, 2.45) is 28.6 Å². The van der Waals surface area contributed by atoms with E-state index in [1.54, 1.807) is 13.0 Å². The molecule has 42 heavy (non-hydrogen) atoms. The summed E-state index contributed by atoms with van der Waals surface area (Å²) in [6, 6.07) is 0. The summed E-state index contributed by atoms with van der Waals surface area (Å²) in [6.45, 7) is 8.04. The van der Waals surface area contributed by atoms with Gasteiger partial charge in [0.15, 0.2) is 12.4 Å². The highest BCUT2D eigenvalue weighted by Crippen LogP contribution is 2.77. The summed E-state index contributed by atoms with van der Waals surface area (Å²) in [5.41, 5.74) is -0.815. The fourth-order valence-corrected chi connectivity index (χ4v) is 10.8. The first-order valence-electron chi connectivity index (χ1n) is 15.8. The minimum Gasteiger partial charge on any atom is -0.458 e. The van der Waals surface area contributed by atoms with Gasteiger partial charge in [-0.05, 0) is 87.0 Å². The van der Waals surface area contributed by atoms with E-state index in [1.807, 2.05) is 0 Å². The molecule has 0 aromatic rings. The highest BCUT2D eigenvalue weighted by atomic mass is 16.7. The number of rotatable bonds is 5. The summed E-state index contributed by atoms with van der Waals surface area (Å²) >= 11 is 0. The first kappa shape index (κ1) is 29.2. The summed E-state index contributed by atoms with van der Waals surface area (Å²) in [5.74, 6) is -0.0281. The highest BCUT2D eigenvalue weighted by molar-refractivity contribution is 5.85. The van der Waals surface area contributed by atoms with Crippen LogP contribution in [0.15, 0.2) is 11.6 Å². The molecule has 1 spiro atoms. The molecule has 6 fully saturated rings. The van der Waals surface area contributed by atoms with E-state index >= 15 is 0 Å². The van der Waals surface area contributed by atoms with E-state index in [4.69, 9.17) is 28.4 Å². The van der Waals surface area contributed by atoms with Gasteiger partial charge in [-0.25, -0.2) is 4.79 Å². The molecule has 4 aliphatic carbocycles. The smallest absolute Gasteiger partial charge is 0.331 e. The van der Waals surface area contributed by atoms with Crippen molar-refractivity contribution in [2.75, 3.05) is 13.7 Å². The molecule has 4 saturated carbocycles. The topological polar surface area (TPSA) is 133 Å². The number of hydrogen-bond donors (Lipinski definition) is 2. The zero-order valence-corrected chi connectivity index (χ0v) is 25.4. The Bertz CT molecular complexity index is 1170. The third-order valence-corrected chi connectivity index (χ3v) is 13.0. The van der Waals surface area contributed by atoms with Crippen molar-refractivity contribution in [3.05, 3.63) is 11.6 Å². The second-order valence-corrected chi connectivity index (χ2v) is 14.6. The molecule has 3 heterocycles. The van der Waals surface area contributed by atoms with E-state index in [0.29, 0.717) is 18.9 Å². The maximum Gasteiger partial charge on any atom is 0.331 e. The molecule has 234 valence electrons. The number of methoxy groups -OCH3 is 1. The van der Waals surface area contributed by atoms with Crippen LogP contribution in [0.25, 0.3) is 0 Å². The number of cyclic esters (lactones) is 1. The van der Waals surface area contributed by atoms with Gasteiger partial charge in [0.25, 0.3) is 0 Å². The Morgan fingerprint density at radius 3 is 2.57 bits per heavy atom. The molecule has 0 aromatic heterocycles. The molecule has 14 atom stereocenters. The molecule has 2 N–H and O–H groups in total. The molecule has 0 amide bonds. The van der Waals surface area contributed by atoms with E-state index in [-0.39, 0.29) is 40.8 Å². The van der Waals surface area contributed by atoms with E-state index in [1.165, 1.54) is 14.0 Å². The van der Waals surface area contributed by atoms with Crippen LogP contribution < -0.4 is 0 Å². The van der Waals surface area contributed by atoms with Crippen molar-refractivity contribution in [3.63, 3.8) is 0 Å². The van der Waals surface area contributed by atoms with E-state index < -0.39 is 47.9 Å². The van der Waals surface area contributed by atoms with Gasteiger partial charge >= 0.3 is 11.9 Å². The molecule has 0 radical (unpaired) electrons. The van der Waals surface area contributed by atoms with Gasteiger partial charge in [0.1, 0.15) is 30.0 Å². The monoisotopic (exact) mass is 590 g/mol. The fourth-order valence-electron chi connectivity index (χ4n) is 10.8. The molecule has 7 rings (SSSR count). The molecule has 10 heteroatoms. The summed E-state index contributed by atoms with van der Waals surface area (Å²) in [6.07, 6.45) is 4.48. The van der Waals surface area contributed by atoms with Crippen LogP contribution in [0, 0.1) is 28.6 Å². The van der Waals surface area contributed by atoms with Crippen molar-refractivity contribution in [1.82, 2.24) is 0 Å². The van der Waals surface area contributed by atoms with Gasteiger partial charge in [0.2, 0.25) is 0 Å². The summed E-state index contributed by atoms with van der Waals surface area (Å²) in [4.78, 5) is 23.8. The van der Waals surface area contributed by atoms with E-state index in [9.17, 15) is 19.8 Å². The molecule has 7 aliphatic rings. The fraction of sp³-hybridized carbons (Fsp3) is 0.875. The first-order chi connectivity index (χ1) is 19.9. The quantitative estimate of drug-likeness (QED) is 0.280. The van der Waals surface area contributed by atoms with Crippen molar-refractivity contribution in [1.29, 1.82) is 0 Å². The lowest BCUT2D eigenvalue weighted by atomic mass is 9.43. The van der Waals surface area contributed by atoms with Gasteiger partial charge in [-0.15, -0.1) is 0 Å². The Hall–Kier alpha value is -1.56. The maximum atomic E-state index is 12.6. The number of ether oxygens (including phenoxy) is 6. The Morgan fingerprint density at radius 2 is 1.88 bits per heavy atom. The standard InChI is InChI=1S/C32H46O10/c1-16-25(35)26(37-5)27(40-17(2)33)28(39-16)41-20-6-9-29(3)19(13-20)14-23-32(42-23)22(29)8-10-30(4)21(7-11-31(30,32)36)18-12-24(34)38-15-18/h12,16,19-23,25-28,35-36H,6-11,13-15H2,1-5H3/t16-,19-,20-,21+,22+,23-,25-,26+,27-,28-,29-,30+,31+,32+/m0/s1. The number of aliphatic hydroxyl groups excluding tert-OH is 1. The average Bonchev–Trinajstić information content (AvgIpc) is 3.38.